The van der Waals surface area contributed by atoms with Gasteiger partial charge in [-0.3, -0.25) is 9.36 Å². The summed E-state index contributed by atoms with van der Waals surface area (Å²) in [4.78, 5) is 31.7. The van der Waals surface area contributed by atoms with Gasteiger partial charge in [0.15, 0.2) is 4.80 Å². The first kappa shape index (κ1) is 25.5. The molecule has 10 heteroatoms. The Bertz CT molecular complexity index is 1730. The van der Waals surface area contributed by atoms with Gasteiger partial charge in [0.25, 0.3) is 5.56 Å². The lowest BCUT2D eigenvalue weighted by molar-refractivity contribution is -0.139. The van der Waals surface area contributed by atoms with E-state index in [-0.39, 0.29) is 12.2 Å². The molecule has 0 bridgehead atoms. The van der Waals surface area contributed by atoms with E-state index >= 15 is 0 Å². The molecule has 1 unspecified atom stereocenters. The van der Waals surface area contributed by atoms with Crippen molar-refractivity contribution in [3.8, 4) is 11.3 Å². The molecule has 0 fully saturated rings. The summed E-state index contributed by atoms with van der Waals surface area (Å²) in [6.07, 6.45) is 1.66. The van der Waals surface area contributed by atoms with Crippen LogP contribution in [0.2, 0.25) is 15.1 Å². The lowest BCUT2D eigenvalue weighted by atomic mass is 9.96. The van der Waals surface area contributed by atoms with Crippen LogP contribution in [-0.4, -0.2) is 17.1 Å². The lowest BCUT2D eigenvalue weighted by Crippen LogP contribution is -2.39. The van der Waals surface area contributed by atoms with E-state index in [0.29, 0.717) is 52.8 Å². The molecule has 0 saturated carbocycles. The Balaban J connectivity index is 1.62. The molecular weight excluding hydrogens is 555 g/mol. The number of allylic oxidation sites excluding steroid dienone is 1. The molecule has 188 valence electrons. The van der Waals surface area contributed by atoms with Crippen LogP contribution in [0.5, 0.6) is 0 Å². The van der Waals surface area contributed by atoms with Crippen molar-refractivity contribution < 1.29 is 13.9 Å². The molecule has 5 rings (SSSR count). The zero-order chi connectivity index (χ0) is 26.3. The first-order valence-corrected chi connectivity index (χ1v) is 13.2. The highest BCUT2D eigenvalue weighted by atomic mass is 35.5. The van der Waals surface area contributed by atoms with E-state index in [4.69, 9.17) is 44.0 Å². The monoisotopic (exact) mass is 572 g/mol. The molecule has 0 aliphatic carbocycles. The minimum Gasteiger partial charge on any atom is -0.463 e. The number of furan rings is 1. The SMILES string of the molecule is CCOC(=O)C1=C(C)N=c2sc(=Cc3ccc(-c4ccc(Cl)c(Cl)c4)o3)c(=O)n2C1c1ccc(Cl)cc1. The van der Waals surface area contributed by atoms with Crippen molar-refractivity contribution >= 4 is 58.2 Å². The maximum atomic E-state index is 13.7. The first-order valence-electron chi connectivity index (χ1n) is 11.3. The zero-order valence-corrected chi connectivity index (χ0v) is 22.7. The van der Waals surface area contributed by atoms with Crippen LogP contribution >= 0.6 is 46.1 Å². The second kappa shape index (κ2) is 10.3. The van der Waals surface area contributed by atoms with Crippen LogP contribution < -0.4 is 14.9 Å². The summed E-state index contributed by atoms with van der Waals surface area (Å²) in [6.45, 7) is 3.67. The van der Waals surface area contributed by atoms with Gasteiger partial charge in [-0.05, 0) is 61.9 Å². The standard InChI is InChI=1S/C27H19Cl3N2O4S/c1-3-35-26(34)23-14(2)31-27-32(24(23)15-4-7-17(28)8-5-15)25(33)22(37-27)13-18-9-11-21(36-18)16-6-10-19(29)20(30)12-16/h4-13,24H,3H2,1-2H3. The number of aromatic nitrogens is 1. The maximum absolute atomic E-state index is 13.7. The zero-order valence-electron chi connectivity index (χ0n) is 19.6. The van der Waals surface area contributed by atoms with Gasteiger partial charge in [-0.1, -0.05) is 58.3 Å². The number of esters is 1. The van der Waals surface area contributed by atoms with Crippen molar-refractivity contribution in [2.45, 2.75) is 19.9 Å². The van der Waals surface area contributed by atoms with Crippen molar-refractivity contribution in [2.75, 3.05) is 6.61 Å². The average Bonchev–Trinajstić information content (AvgIpc) is 3.45. The molecule has 2 aromatic heterocycles. The van der Waals surface area contributed by atoms with Crippen molar-refractivity contribution in [2.24, 2.45) is 4.99 Å². The minimum absolute atomic E-state index is 0.201. The minimum atomic E-state index is -0.710. The summed E-state index contributed by atoms with van der Waals surface area (Å²) < 4.78 is 13.2. The second-order valence-corrected chi connectivity index (χ2v) is 10.4. The van der Waals surface area contributed by atoms with Crippen LogP contribution in [0.4, 0.5) is 0 Å². The van der Waals surface area contributed by atoms with Gasteiger partial charge in [-0.25, -0.2) is 9.79 Å². The normalized spacial score (nSPS) is 15.5. The van der Waals surface area contributed by atoms with E-state index < -0.39 is 12.0 Å². The summed E-state index contributed by atoms with van der Waals surface area (Å²) in [6, 6.07) is 15.1. The van der Waals surface area contributed by atoms with Gasteiger partial charge in [-0.2, -0.15) is 0 Å². The summed E-state index contributed by atoms with van der Waals surface area (Å²) >= 11 is 19.5. The van der Waals surface area contributed by atoms with Gasteiger partial charge in [0.1, 0.15) is 11.5 Å². The van der Waals surface area contributed by atoms with E-state index in [1.807, 2.05) is 0 Å². The third-order valence-corrected chi connectivity index (χ3v) is 7.78. The topological polar surface area (TPSA) is 73.8 Å². The Morgan fingerprint density at radius 3 is 2.57 bits per heavy atom. The molecule has 0 spiro atoms. The number of hydrogen-bond acceptors (Lipinski definition) is 6. The van der Waals surface area contributed by atoms with Crippen LogP contribution in [0.3, 0.4) is 0 Å². The van der Waals surface area contributed by atoms with E-state index in [9.17, 15) is 9.59 Å². The molecule has 0 N–H and O–H groups in total. The molecule has 1 aliphatic heterocycles. The number of hydrogen-bond donors (Lipinski definition) is 0. The molecule has 3 heterocycles. The van der Waals surface area contributed by atoms with Crippen LogP contribution in [0.15, 0.2) is 80.1 Å². The Kier molecular flexibility index (Phi) is 7.14. The molecule has 0 saturated heterocycles. The van der Waals surface area contributed by atoms with Crippen molar-refractivity contribution in [3.05, 3.63) is 112 Å². The molecule has 0 radical (unpaired) electrons. The predicted molar refractivity (Wildman–Crippen MR) is 146 cm³/mol. The van der Waals surface area contributed by atoms with Crippen molar-refractivity contribution in [3.63, 3.8) is 0 Å². The molecule has 2 aromatic carbocycles. The Labute approximate surface area is 230 Å². The quantitative estimate of drug-likeness (QED) is 0.274. The number of rotatable bonds is 5. The van der Waals surface area contributed by atoms with E-state index in [1.54, 1.807) is 74.5 Å². The van der Waals surface area contributed by atoms with E-state index in [1.165, 1.54) is 15.9 Å². The largest absolute Gasteiger partial charge is 0.463 e. The number of nitrogens with zero attached hydrogens (tertiary/aromatic N) is 2. The molecule has 4 aromatic rings. The number of carbonyl (C=O) groups is 1. The fourth-order valence-electron chi connectivity index (χ4n) is 4.12. The van der Waals surface area contributed by atoms with Gasteiger partial charge in [0.2, 0.25) is 0 Å². The fraction of sp³-hybridized carbons (Fsp3) is 0.148. The van der Waals surface area contributed by atoms with Gasteiger partial charge in [0, 0.05) is 16.7 Å². The number of thiazole rings is 1. The van der Waals surface area contributed by atoms with Crippen LogP contribution in [0.1, 0.15) is 31.2 Å². The number of halogens is 3. The number of carbonyl (C=O) groups excluding carboxylic acids is 1. The predicted octanol–water partition coefficient (Wildman–Crippen LogP) is 6.02. The number of ether oxygens (including phenoxy) is 1. The van der Waals surface area contributed by atoms with E-state index in [0.717, 1.165) is 5.56 Å². The van der Waals surface area contributed by atoms with Gasteiger partial charge in [0.05, 0.1) is 38.5 Å². The summed E-state index contributed by atoms with van der Waals surface area (Å²) in [5.74, 6) is 0.545. The molecule has 1 aliphatic rings. The second-order valence-electron chi connectivity index (χ2n) is 8.18. The lowest BCUT2D eigenvalue weighted by Gasteiger charge is -2.24. The van der Waals surface area contributed by atoms with Crippen molar-refractivity contribution in [1.29, 1.82) is 0 Å². The Hall–Kier alpha value is -3.10. The molecule has 1 atom stereocenters. The van der Waals surface area contributed by atoms with Crippen molar-refractivity contribution in [1.82, 2.24) is 4.57 Å². The van der Waals surface area contributed by atoms with Crippen LogP contribution in [0, 0.1) is 0 Å². The smallest absolute Gasteiger partial charge is 0.338 e. The Morgan fingerprint density at radius 2 is 1.86 bits per heavy atom. The van der Waals surface area contributed by atoms with E-state index in [2.05, 4.69) is 4.99 Å². The van der Waals surface area contributed by atoms with Crippen LogP contribution in [-0.2, 0) is 9.53 Å². The number of fused-ring (bicyclic) bond motifs is 1. The van der Waals surface area contributed by atoms with Gasteiger partial charge < -0.3 is 9.15 Å². The highest BCUT2D eigenvalue weighted by Gasteiger charge is 2.33. The first-order chi connectivity index (χ1) is 17.8. The molecular formula is C27H19Cl3N2O4S. The van der Waals surface area contributed by atoms with Crippen LogP contribution in [0.25, 0.3) is 17.4 Å². The highest BCUT2D eigenvalue weighted by molar-refractivity contribution is 7.07. The summed E-state index contributed by atoms with van der Waals surface area (Å²) in [5.41, 5.74) is 1.97. The highest BCUT2D eigenvalue weighted by Crippen LogP contribution is 2.32. The fourth-order valence-corrected chi connectivity index (χ4v) is 5.57. The number of benzene rings is 2. The molecule has 37 heavy (non-hydrogen) atoms. The Morgan fingerprint density at radius 1 is 1.11 bits per heavy atom. The molecule has 6 nitrogen and oxygen atoms in total. The van der Waals surface area contributed by atoms with Gasteiger partial charge in [-0.15, -0.1) is 0 Å². The maximum Gasteiger partial charge on any atom is 0.338 e. The summed E-state index contributed by atoms with van der Waals surface area (Å²) in [5, 5.41) is 1.41. The summed E-state index contributed by atoms with van der Waals surface area (Å²) in [7, 11) is 0. The third kappa shape index (κ3) is 4.92. The molecule has 0 amide bonds. The third-order valence-electron chi connectivity index (χ3n) is 5.81. The van der Waals surface area contributed by atoms with Gasteiger partial charge >= 0.3 is 5.97 Å². The average molecular weight is 574 g/mol.